The zero-order valence-electron chi connectivity index (χ0n) is 10.9. The zero-order valence-corrected chi connectivity index (χ0v) is 10.9. The van der Waals surface area contributed by atoms with Crippen molar-refractivity contribution in [2.45, 2.75) is 38.9 Å². The van der Waals surface area contributed by atoms with Crippen LogP contribution in [0.15, 0.2) is 12.4 Å². The molecular formula is C12H18N4O2. The lowest BCUT2D eigenvalue weighted by atomic mass is 10.2. The van der Waals surface area contributed by atoms with Crippen LogP contribution in [0.4, 0.5) is 0 Å². The number of aromatic nitrogens is 2. The highest BCUT2D eigenvalue weighted by Crippen LogP contribution is 2.16. The van der Waals surface area contributed by atoms with Crippen molar-refractivity contribution in [2.75, 3.05) is 0 Å². The third-order valence-electron chi connectivity index (χ3n) is 3.13. The number of carbonyl (C=O) groups is 2. The molecule has 0 saturated carbocycles. The van der Waals surface area contributed by atoms with Gasteiger partial charge < -0.3 is 4.57 Å². The fraction of sp³-hybridized carbons (Fsp3) is 0.583. The van der Waals surface area contributed by atoms with E-state index in [1.54, 1.807) is 6.20 Å². The zero-order chi connectivity index (χ0) is 13.3. The average molecular weight is 250 g/mol. The second kappa shape index (κ2) is 4.89. The molecule has 0 aliphatic carbocycles. The molecule has 0 aromatic carbocycles. The smallest absolute Gasteiger partial charge is 0.247 e. The van der Waals surface area contributed by atoms with Crippen LogP contribution in [0.5, 0.6) is 0 Å². The molecule has 1 atom stereocenters. The van der Waals surface area contributed by atoms with Crippen LogP contribution in [0.2, 0.25) is 0 Å². The first-order chi connectivity index (χ1) is 8.50. The van der Waals surface area contributed by atoms with Gasteiger partial charge in [0.1, 0.15) is 5.82 Å². The van der Waals surface area contributed by atoms with Gasteiger partial charge in [0.15, 0.2) is 0 Å². The predicted octanol–water partition coefficient (Wildman–Crippen LogP) is 0.0456. The van der Waals surface area contributed by atoms with Gasteiger partial charge in [-0.1, -0.05) is 0 Å². The molecule has 18 heavy (non-hydrogen) atoms. The monoisotopic (exact) mass is 250 g/mol. The van der Waals surface area contributed by atoms with Gasteiger partial charge in [0, 0.05) is 25.5 Å². The third kappa shape index (κ3) is 2.28. The molecular weight excluding hydrogens is 232 g/mol. The molecule has 6 nitrogen and oxygen atoms in total. The van der Waals surface area contributed by atoms with Gasteiger partial charge in [0.05, 0.1) is 19.0 Å². The van der Waals surface area contributed by atoms with Gasteiger partial charge in [0.25, 0.3) is 0 Å². The molecule has 98 valence electrons. The molecule has 2 heterocycles. The fourth-order valence-corrected chi connectivity index (χ4v) is 2.13. The number of aryl methyl sites for hydroxylation is 1. The van der Waals surface area contributed by atoms with E-state index in [-0.39, 0.29) is 24.3 Å². The van der Waals surface area contributed by atoms with Gasteiger partial charge >= 0.3 is 0 Å². The Bertz CT molecular complexity index is 466. The topological polar surface area (TPSA) is 67.2 Å². The average Bonchev–Trinajstić information content (AvgIpc) is 2.80. The van der Waals surface area contributed by atoms with E-state index in [1.165, 1.54) is 4.90 Å². The lowest BCUT2D eigenvalue weighted by Crippen LogP contribution is -2.41. The van der Waals surface area contributed by atoms with Gasteiger partial charge in [-0.25, -0.2) is 4.98 Å². The molecule has 1 aliphatic heterocycles. The number of imidazole rings is 1. The SMILES string of the molecule is CC(C)N1C(=O)CC(NCc2nccn2C)C1=O. The number of likely N-dealkylation sites (tertiary alicyclic amines) is 1. The summed E-state index contributed by atoms with van der Waals surface area (Å²) < 4.78 is 1.88. The Hall–Kier alpha value is -1.69. The molecule has 1 aliphatic rings. The number of amides is 2. The molecule has 2 rings (SSSR count). The number of rotatable bonds is 4. The molecule has 1 saturated heterocycles. The summed E-state index contributed by atoms with van der Waals surface area (Å²) in [6.45, 7) is 4.17. The quantitative estimate of drug-likeness (QED) is 0.766. The predicted molar refractivity (Wildman–Crippen MR) is 65.4 cm³/mol. The highest BCUT2D eigenvalue weighted by Gasteiger charge is 2.39. The lowest BCUT2D eigenvalue weighted by Gasteiger charge is -2.19. The minimum atomic E-state index is -0.420. The largest absolute Gasteiger partial charge is 0.337 e. The number of nitrogens with zero attached hydrogens (tertiary/aromatic N) is 3. The van der Waals surface area contributed by atoms with Crippen molar-refractivity contribution in [2.24, 2.45) is 7.05 Å². The maximum absolute atomic E-state index is 12.0. The molecule has 1 unspecified atom stereocenters. The van der Waals surface area contributed by atoms with E-state index in [1.807, 2.05) is 31.7 Å². The summed E-state index contributed by atoms with van der Waals surface area (Å²) in [6, 6.07) is -0.499. The van der Waals surface area contributed by atoms with Crippen molar-refractivity contribution in [3.63, 3.8) is 0 Å². The van der Waals surface area contributed by atoms with E-state index in [0.717, 1.165) is 5.82 Å². The number of imide groups is 1. The van der Waals surface area contributed by atoms with E-state index < -0.39 is 6.04 Å². The van der Waals surface area contributed by atoms with Crippen molar-refractivity contribution in [3.05, 3.63) is 18.2 Å². The molecule has 0 radical (unpaired) electrons. The van der Waals surface area contributed by atoms with Crippen molar-refractivity contribution in [1.82, 2.24) is 19.8 Å². The second-order valence-corrected chi connectivity index (χ2v) is 4.79. The summed E-state index contributed by atoms with van der Waals surface area (Å²) in [5.74, 6) is 0.606. The van der Waals surface area contributed by atoms with Crippen LogP contribution in [-0.4, -0.2) is 38.3 Å². The number of nitrogens with one attached hydrogen (secondary N) is 1. The summed E-state index contributed by atoms with van der Waals surface area (Å²) in [6.07, 6.45) is 3.79. The Morgan fingerprint density at radius 1 is 1.50 bits per heavy atom. The molecule has 0 spiro atoms. The van der Waals surface area contributed by atoms with E-state index >= 15 is 0 Å². The molecule has 1 aromatic heterocycles. The normalized spacial score (nSPS) is 20.2. The molecule has 6 heteroatoms. The van der Waals surface area contributed by atoms with Crippen LogP contribution in [0.3, 0.4) is 0 Å². The van der Waals surface area contributed by atoms with Crippen LogP contribution >= 0.6 is 0 Å². The van der Waals surface area contributed by atoms with E-state index in [0.29, 0.717) is 6.54 Å². The van der Waals surface area contributed by atoms with Crippen molar-refractivity contribution < 1.29 is 9.59 Å². The molecule has 1 N–H and O–H groups in total. The Morgan fingerprint density at radius 2 is 2.22 bits per heavy atom. The highest BCUT2D eigenvalue weighted by atomic mass is 16.2. The second-order valence-electron chi connectivity index (χ2n) is 4.79. The Balaban J connectivity index is 1.98. The van der Waals surface area contributed by atoms with Crippen LogP contribution < -0.4 is 5.32 Å². The standard InChI is InChI=1S/C12H18N4O2/c1-8(2)16-11(17)6-9(12(16)18)14-7-10-13-4-5-15(10)3/h4-5,8-9,14H,6-7H2,1-3H3. The van der Waals surface area contributed by atoms with Crippen molar-refractivity contribution >= 4 is 11.8 Å². The highest BCUT2D eigenvalue weighted by molar-refractivity contribution is 6.05. The molecule has 0 bridgehead atoms. The number of hydrogen-bond acceptors (Lipinski definition) is 4. The van der Waals surface area contributed by atoms with Crippen molar-refractivity contribution in [1.29, 1.82) is 0 Å². The maximum atomic E-state index is 12.0. The first-order valence-corrected chi connectivity index (χ1v) is 6.06. The molecule has 2 amide bonds. The van der Waals surface area contributed by atoms with Gasteiger partial charge in [0.2, 0.25) is 11.8 Å². The lowest BCUT2D eigenvalue weighted by molar-refractivity contribution is -0.140. The third-order valence-corrected chi connectivity index (χ3v) is 3.13. The number of carbonyl (C=O) groups excluding carboxylic acids is 2. The Morgan fingerprint density at radius 3 is 2.72 bits per heavy atom. The first kappa shape index (κ1) is 12.8. The summed E-state index contributed by atoms with van der Waals surface area (Å²) in [7, 11) is 1.89. The van der Waals surface area contributed by atoms with Gasteiger partial charge in [-0.15, -0.1) is 0 Å². The minimum absolute atomic E-state index is 0.0787. The minimum Gasteiger partial charge on any atom is -0.337 e. The van der Waals surface area contributed by atoms with Crippen LogP contribution in [0.25, 0.3) is 0 Å². The Labute approximate surface area is 106 Å². The van der Waals surface area contributed by atoms with Crippen LogP contribution in [-0.2, 0) is 23.2 Å². The maximum Gasteiger partial charge on any atom is 0.247 e. The van der Waals surface area contributed by atoms with E-state index in [9.17, 15) is 9.59 Å². The molecule has 1 fully saturated rings. The van der Waals surface area contributed by atoms with Gasteiger partial charge in [-0.3, -0.25) is 19.8 Å². The first-order valence-electron chi connectivity index (χ1n) is 6.06. The summed E-state index contributed by atoms with van der Waals surface area (Å²) in [5, 5.41) is 3.09. The summed E-state index contributed by atoms with van der Waals surface area (Å²) in [5.41, 5.74) is 0. The molecule has 1 aromatic rings. The summed E-state index contributed by atoms with van der Waals surface area (Å²) >= 11 is 0. The van der Waals surface area contributed by atoms with Gasteiger partial charge in [-0.05, 0) is 13.8 Å². The fourth-order valence-electron chi connectivity index (χ4n) is 2.13. The van der Waals surface area contributed by atoms with Gasteiger partial charge in [-0.2, -0.15) is 0 Å². The number of hydrogen-bond donors (Lipinski definition) is 1. The summed E-state index contributed by atoms with van der Waals surface area (Å²) in [4.78, 5) is 29.2. The van der Waals surface area contributed by atoms with Crippen LogP contribution in [0, 0.1) is 0 Å². The van der Waals surface area contributed by atoms with E-state index in [4.69, 9.17) is 0 Å². The van der Waals surface area contributed by atoms with Crippen molar-refractivity contribution in [3.8, 4) is 0 Å². The van der Waals surface area contributed by atoms with E-state index in [2.05, 4.69) is 10.3 Å². The van der Waals surface area contributed by atoms with Crippen LogP contribution in [0.1, 0.15) is 26.1 Å². The Kier molecular flexibility index (Phi) is 3.47.